The van der Waals surface area contributed by atoms with E-state index in [1.54, 1.807) is 0 Å². The summed E-state index contributed by atoms with van der Waals surface area (Å²) >= 11 is 0. The molecule has 2 aromatic heterocycles. The number of hydrogen-bond acceptors (Lipinski definition) is 2. The SMILES string of the molecule is c1ccc(-c2cc(-c3ccccc3)nc(-c3ccc4c(c3)-n3cc(-c5ccccc5)cc3CO4)c2)cc1. The topological polar surface area (TPSA) is 27.1 Å². The molecule has 3 nitrogen and oxygen atoms in total. The van der Waals surface area contributed by atoms with Crippen molar-refractivity contribution in [3.8, 4) is 56.2 Å². The summed E-state index contributed by atoms with van der Waals surface area (Å²) in [5, 5.41) is 0. The van der Waals surface area contributed by atoms with E-state index in [1.807, 2.05) is 18.2 Å². The van der Waals surface area contributed by atoms with Crippen LogP contribution in [0.1, 0.15) is 5.69 Å². The summed E-state index contributed by atoms with van der Waals surface area (Å²) in [6, 6.07) is 44.3. The normalized spacial score (nSPS) is 11.9. The van der Waals surface area contributed by atoms with Crippen LogP contribution in [0.2, 0.25) is 0 Å². The predicted molar refractivity (Wildman–Crippen MR) is 150 cm³/mol. The van der Waals surface area contributed by atoms with Crippen LogP contribution in [0, 0.1) is 0 Å². The third-order valence-electron chi connectivity index (χ3n) is 6.90. The minimum absolute atomic E-state index is 0.555. The Morgan fingerprint density at radius 2 is 1.11 bits per heavy atom. The van der Waals surface area contributed by atoms with E-state index in [1.165, 1.54) is 16.7 Å². The molecule has 1 aliphatic rings. The third kappa shape index (κ3) is 4.01. The van der Waals surface area contributed by atoms with Gasteiger partial charge in [0.05, 0.1) is 22.8 Å². The highest BCUT2D eigenvalue weighted by Gasteiger charge is 2.20. The van der Waals surface area contributed by atoms with Gasteiger partial charge < -0.3 is 9.30 Å². The van der Waals surface area contributed by atoms with Crippen molar-refractivity contribution >= 4 is 0 Å². The number of rotatable bonds is 4. The quantitative estimate of drug-likeness (QED) is 0.255. The van der Waals surface area contributed by atoms with Crippen molar-refractivity contribution < 1.29 is 4.74 Å². The van der Waals surface area contributed by atoms with E-state index in [-0.39, 0.29) is 0 Å². The van der Waals surface area contributed by atoms with Gasteiger partial charge in [0.2, 0.25) is 0 Å². The highest BCUT2D eigenvalue weighted by atomic mass is 16.5. The fourth-order valence-corrected chi connectivity index (χ4v) is 5.00. The van der Waals surface area contributed by atoms with Crippen LogP contribution in [0.15, 0.2) is 134 Å². The Labute approximate surface area is 216 Å². The Balaban J connectivity index is 1.36. The first-order valence-electron chi connectivity index (χ1n) is 12.5. The van der Waals surface area contributed by atoms with Gasteiger partial charge in [-0.05, 0) is 53.1 Å². The standard InChI is InChI=1S/C34H24N2O/c1-4-10-24(11-5-1)28-19-31(26-14-8-3-9-15-26)35-32(20-28)27-16-17-34-33(21-27)36-22-29(18-30(36)23-37-34)25-12-6-2-7-13-25/h1-22H,23H2. The lowest BCUT2D eigenvalue weighted by Gasteiger charge is -2.21. The minimum Gasteiger partial charge on any atom is -0.485 e. The fraction of sp³-hybridized carbons (Fsp3) is 0.0294. The number of hydrogen-bond donors (Lipinski definition) is 0. The average Bonchev–Trinajstić information content (AvgIpc) is 3.43. The molecular weight excluding hydrogens is 452 g/mol. The molecule has 0 amide bonds. The van der Waals surface area contributed by atoms with Gasteiger partial charge >= 0.3 is 0 Å². The molecular formula is C34H24N2O. The lowest BCUT2D eigenvalue weighted by Crippen LogP contribution is -2.11. The first kappa shape index (κ1) is 21.4. The second-order valence-corrected chi connectivity index (χ2v) is 9.29. The number of ether oxygens (including phenoxy) is 1. The summed E-state index contributed by atoms with van der Waals surface area (Å²) in [6.45, 7) is 0.555. The fourth-order valence-electron chi connectivity index (χ4n) is 5.00. The molecule has 0 fully saturated rings. The molecule has 176 valence electrons. The number of pyridine rings is 1. The number of benzene rings is 4. The Morgan fingerprint density at radius 3 is 1.78 bits per heavy atom. The Kier molecular flexibility index (Phi) is 5.18. The molecule has 0 aliphatic carbocycles. The van der Waals surface area contributed by atoms with Crippen LogP contribution in [-0.2, 0) is 6.61 Å². The second-order valence-electron chi connectivity index (χ2n) is 9.29. The van der Waals surface area contributed by atoms with Crippen molar-refractivity contribution in [3.05, 3.63) is 139 Å². The molecule has 0 atom stereocenters. The third-order valence-corrected chi connectivity index (χ3v) is 6.90. The van der Waals surface area contributed by atoms with Crippen LogP contribution >= 0.6 is 0 Å². The van der Waals surface area contributed by atoms with Crippen molar-refractivity contribution in [1.29, 1.82) is 0 Å². The maximum atomic E-state index is 6.13. The molecule has 6 aromatic rings. The second kappa shape index (κ2) is 8.96. The number of aromatic nitrogens is 2. The zero-order valence-electron chi connectivity index (χ0n) is 20.2. The van der Waals surface area contributed by atoms with Gasteiger partial charge in [-0.15, -0.1) is 0 Å². The van der Waals surface area contributed by atoms with Gasteiger partial charge in [-0.25, -0.2) is 4.98 Å². The molecule has 4 aromatic carbocycles. The Morgan fingerprint density at radius 1 is 0.514 bits per heavy atom. The van der Waals surface area contributed by atoms with Gasteiger partial charge in [-0.1, -0.05) is 91.0 Å². The summed E-state index contributed by atoms with van der Waals surface area (Å²) in [5.41, 5.74) is 10.9. The van der Waals surface area contributed by atoms with Gasteiger partial charge in [-0.3, -0.25) is 0 Å². The molecule has 1 aliphatic heterocycles. The maximum Gasteiger partial charge on any atom is 0.143 e. The molecule has 0 spiro atoms. The molecule has 0 saturated carbocycles. The maximum absolute atomic E-state index is 6.13. The molecule has 0 bridgehead atoms. The van der Waals surface area contributed by atoms with Crippen LogP contribution in [0.25, 0.3) is 50.5 Å². The van der Waals surface area contributed by atoms with Gasteiger partial charge in [-0.2, -0.15) is 0 Å². The van der Waals surface area contributed by atoms with Crippen molar-refractivity contribution in [1.82, 2.24) is 9.55 Å². The van der Waals surface area contributed by atoms with Crippen LogP contribution < -0.4 is 4.74 Å². The van der Waals surface area contributed by atoms with E-state index in [2.05, 4.69) is 120 Å². The van der Waals surface area contributed by atoms with Gasteiger partial charge in [0.1, 0.15) is 12.4 Å². The van der Waals surface area contributed by atoms with E-state index in [0.29, 0.717) is 6.61 Å². The highest BCUT2D eigenvalue weighted by Crippen LogP contribution is 2.37. The van der Waals surface area contributed by atoms with Gasteiger partial charge in [0, 0.05) is 22.9 Å². The summed E-state index contributed by atoms with van der Waals surface area (Å²) in [7, 11) is 0. The van der Waals surface area contributed by atoms with Crippen LogP contribution in [0.4, 0.5) is 0 Å². The van der Waals surface area contributed by atoms with Crippen molar-refractivity contribution in [3.63, 3.8) is 0 Å². The van der Waals surface area contributed by atoms with Gasteiger partial charge in [0.25, 0.3) is 0 Å². The van der Waals surface area contributed by atoms with E-state index >= 15 is 0 Å². The van der Waals surface area contributed by atoms with E-state index in [9.17, 15) is 0 Å². The Bertz CT molecular complexity index is 1650. The lowest BCUT2D eigenvalue weighted by atomic mass is 9.99. The van der Waals surface area contributed by atoms with Crippen molar-refractivity contribution in [2.24, 2.45) is 0 Å². The Hall–Kier alpha value is -4.89. The minimum atomic E-state index is 0.555. The largest absolute Gasteiger partial charge is 0.485 e. The van der Waals surface area contributed by atoms with Crippen LogP contribution in [-0.4, -0.2) is 9.55 Å². The molecule has 3 heterocycles. The molecule has 7 rings (SSSR count). The summed E-state index contributed by atoms with van der Waals surface area (Å²) in [5.74, 6) is 0.883. The van der Waals surface area contributed by atoms with E-state index in [0.717, 1.165) is 45.2 Å². The van der Waals surface area contributed by atoms with E-state index < -0.39 is 0 Å². The average molecular weight is 477 g/mol. The lowest BCUT2D eigenvalue weighted by molar-refractivity contribution is 0.285. The van der Waals surface area contributed by atoms with Gasteiger partial charge in [0.15, 0.2) is 0 Å². The number of fused-ring (bicyclic) bond motifs is 3. The summed E-state index contributed by atoms with van der Waals surface area (Å²) < 4.78 is 8.39. The zero-order chi connectivity index (χ0) is 24.6. The smallest absolute Gasteiger partial charge is 0.143 e. The zero-order valence-corrected chi connectivity index (χ0v) is 20.2. The van der Waals surface area contributed by atoms with E-state index in [4.69, 9.17) is 9.72 Å². The molecule has 0 N–H and O–H groups in total. The number of nitrogens with zero attached hydrogens (tertiary/aromatic N) is 2. The molecule has 0 unspecified atom stereocenters. The highest BCUT2D eigenvalue weighted by molar-refractivity contribution is 5.78. The summed E-state index contributed by atoms with van der Waals surface area (Å²) in [6.07, 6.45) is 2.21. The van der Waals surface area contributed by atoms with Crippen LogP contribution in [0.3, 0.4) is 0 Å². The predicted octanol–water partition coefficient (Wildman–Crippen LogP) is 8.43. The first-order chi connectivity index (χ1) is 18.3. The van der Waals surface area contributed by atoms with Crippen molar-refractivity contribution in [2.75, 3.05) is 0 Å². The first-order valence-corrected chi connectivity index (χ1v) is 12.5. The van der Waals surface area contributed by atoms with Crippen LogP contribution in [0.5, 0.6) is 5.75 Å². The molecule has 0 saturated heterocycles. The molecule has 37 heavy (non-hydrogen) atoms. The molecule has 0 radical (unpaired) electrons. The van der Waals surface area contributed by atoms with Crippen molar-refractivity contribution in [2.45, 2.75) is 6.61 Å². The molecule has 3 heteroatoms. The summed E-state index contributed by atoms with van der Waals surface area (Å²) in [4.78, 5) is 5.11. The monoisotopic (exact) mass is 476 g/mol.